The molecule has 36 heavy (non-hydrogen) atoms. The number of nitrogens with one attached hydrogen (secondary N) is 1. The molecule has 192 valence electrons. The second-order valence-electron chi connectivity index (χ2n) is 7.30. The zero-order valence-corrected chi connectivity index (χ0v) is 21.6. The van der Waals surface area contributed by atoms with Crippen LogP contribution in [-0.2, 0) is 35.8 Å². The van der Waals surface area contributed by atoms with Gasteiger partial charge < -0.3 is 26.0 Å². The molecule has 3 aliphatic rings. The number of carboxylic acid groups (broad SMARTS) is 2. The Hall–Kier alpha value is -2.74. The molecule has 0 bridgehead atoms. The number of carbonyl (C=O) groups excluding carboxylic acids is 3. The average Bonchev–Trinajstić information content (AvgIpc) is 3.20. The normalized spacial score (nSPS) is 25.0. The molecule has 0 spiro atoms. The molecule has 1 aromatic rings. The fourth-order valence-corrected chi connectivity index (χ4v) is 8.16. The van der Waals surface area contributed by atoms with Gasteiger partial charge >= 0.3 is 11.9 Å². The van der Waals surface area contributed by atoms with Crippen LogP contribution >= 0.6 is 47.0 Å². The largest absolute Gasteiger partial charge is 0.477 e. The molecule has 3 amide bonds. The van der Waals surface area contributed by atoms with E-state index in [1.807, 2.05) is 0 Å². The first-order valence-corrected chi connectivity index (χ1v) is 13.5. The number of amides is 3. The fraction of sp³-hybridized carbons (Fsp3) is 0.412. The SMILES string of the molecule is CO[C@@]1(NC(=O)C2SC(=[13C]([13C](N)=O)[13C](=O)O)S2)C(=O)N2C(C(=O)O)=C(CSc3nnnn3C)CS[C@@H]21. The smallest absolute Gasteiger partial charge is 0.352 e. The summed E-state index contributed by atoms with van der Waals surface area (Å²) in [6.07, 6.45) is 0. The number of rotatable bonds is 9. The molecule has 4 heterocycles. The van der Waals surface area contributed by atoms with E-state index in [2.05, 4.69) is 20.8 Å². The van der Waals surface area contributed by atoms with Crippen LogP contribution in [0.5, 0.6) is 0 Å². The van der Waals surface area contributed by atoms with Crippen molar-refractivity contribution in [1.82, 2.24) is 30.4 Å². The van der Waals surface area contributed by atoms with Crippen LogP contribution < -0.4 is 11.1 Å². The molecule has 0 unspecified atom stereocenters. The number of nitrogens with two attached hydrogens (primary N) is 1. The number of aliphatic carboxylic acids is 2. The number of fused-ring (bicyclic) bond motifs is 1. The summed E-state index contributed by atoms with van der Waals surface area (Å²) in [5.41, 5.74) is 2.93. The minimum Gasteiger partial charge on any atom is -0.477 e. The van der Waals surface area contributed by atoms with E-state index >= 15 is 0 Å². The Labute approximate surface area is 219 Å². The Bertz CT molecular complexity index is 1230. The molecule has 19 heteroatoms. The number of nitrogens with zero attached hydrogens (tertiary/aromatic N) is 5. The van der Waals surface area contributed by atoms with Gasteiger partial charge in [-0.15, -0.1) is 16.9 Å². The van der Waals surface area contributed by atoms with Gasteiger partial charge in [0.25, 0.3) is 17.5 Å². The zero-order valence-electron chi connectivity index (χ0n) is 18.4. The highest BCUT2D eigenvalue weighted by molar-refractivity contribution is 8.39. The van der Waals surface area contributed by atoms with Crippen LogP contribution in [0.15, 0.2) is 26.2 Å². The lowest BCUT2D eigenvalue weighted by atomic mass is 9.98. The van der Waals surface area contributed by atoms with Crippen LogP contribution in [-0.4, -0.2) is 99.3 Å². The Morgan fingerprint density at radius 1 is 1.31 bits per heavy atom. The van der Waals surface area contributed by atoms with Gasteiger partial charge in [0.15, 0.2) is 0 Å². The Morgan fingerprint density at radius 2 is 2.00 bits per heavy atom. The maximum absolute atomic E-state index is 13.2. The highest BCUT2D eigenvalue weighted by Crippen LogP contribution is 2.53. The standard InChI is InChI=1S/C17H17N7O8S4/c1-23-16(20-21-22-23)34-4-5-3-33-15-17(32-2,14(31)24(15)7(5)11(29)30)19-9(26)13-35-12(36-13)6(8(18)25)10(27)28/h13,15H,3-4H2,1-2H3,(H2,18,25)(H,19,26)(H,27,28)(H,29,30)/t13?,15-,17+/m1/s1/i6+1,8+1,10+1. The molecule has 0 aromatic carbocycles. The third-order valence-corrected chi connectivity index (χ3v) is 10.5. The van der Waals surface area contributed by atoms with Crippen LogP contribution in [0.4, 0.5) is 0 Å². The van der Waals surface area contributed by atoms with E-state index in [1.54, 1.807) is 7.05 Å². The molecule has 2 saturated heterocycles. The number of β-lactam (4-membered cyclic amide) rings is 1. The van der Waals surface area contributed by atoms with Crippen molar-refractivity contribution < 1.29 is 38.9 Å². The summed E-state index contributed by atoms with van der Waals surface area (Å²) in [5.74, 6) is -4.89. The molecular formula is C17H17N7O8S4. The van der Waals surface area contributed by atoms with E-state index in [9.17, 15) is 29.1 Å². The third-order valence-electron chi connectivity index (χ3n) is 5.21. The van der Waals surface area contributed by atoms with Crippen molar-refractivity contribution in [3.8, 4) is 0 Å². The van der Waals surface area contributed by atoms with E-state index < -0.39 is 50.9 Å². The number of hydrogen-bond acceptors (Lipinski definition) is 13. The minimum absolute atomic E-state index is 0.0755. The molecular weight excluding hydrogens is 561 g/mol. The highest BCUT2D eigenvalue weighted by atomic mass is 32.3. The van der Waals surface area contributed by atoms with Crippen LogP contribution in [0, 0.1) is 0 Å². The van der Waals surface area contributed by atoms with E-state index in [-0.39, 0.29) is 21.4 Å². The number of ether oxygens (including phenoxy) is 1. The fourth-order valence-electron chi connectivity index (χ4n) is 3.51. The third kappa shape index (κ3) is 4.33. The lowest BCUT2D eigenvalue weighted by molar-refractivity contribution is -0.192. The topological polar surface area (TPSA) is 220 Å². The van der Waals surface area contributed by atoms with Crippen LogP contribution in [0.25, 0.3) is 0 Å². The predicted octanol–water partition coefficient (Wildman–Crippen LogP) is -1.40. The van der Waals surface area contributed by atoms with E-state index in [0.29, 0.717) is 10.7 Å². The van der Waals surface area contributed by atoms with Gasteiger partial charge in [0.2, 0.25) is 11.1 Å². The van der Waals surface area contributed by atoms with Crippen molar-refractivity contribution in [2.45, 2.75) is 20.8 Å². The van der Waals surface area contributed by atoms with Crippen LogP contribution in [0.2, 0.25) is 0 Å². The number of thioether (sulfide) groups is 4. The van der Waals surface area contributed by atoms with E-state index in [1.165, 1.54) is 35.3 Å². The molecule has 0 radical (unpaired) electrons. The number of carbonyl (C=O) groups is 5. The quantitative estimate of drug-likeness (QED) is 0.0503. The number of aryl methyl sites for hydroxylation is 1. The summed E-state index contributed by atoms with van der Waals surface area (Å²) in [6.45, 7) is 0. The summed E-state index contributed by atoms with van der Waals surface area (Å²) in [7, 11) is 2.86. The number of carboxylic acids is 2. The van der Waals surface area contributed by atoms with Crippen LogP contribution in [0.3, 0.4) is 0 Å². The van der Waals surface area contributed by atoms with Gasteiger partial charge in [-0.05, 0) is 16.0 Å². The van der Waals surface area contributed by atoms with Crippen molar-refractivity contribution in [3.63, 3.8) is 0 Å². The first kappa shape index (κ1) is 26.3. The van der Waals surface area contributed by atoms with Crippen LogP contribution in [0.1, 0.15) is 0 Å². The Morgan fingerprint density at radius 3 is 2.53 bits per heavy atom. The van der Waals surface area contributed by atoms with E-state index in [0.717, 1.165) is 28.4 Å². The molecule has 2 fully saturated rings. The lowest BCUT2D eigenvalue weighted by Crippen LogP contribution is -2.81. The second kappa shape index (κ2) is 9.96. The number of tetrazole rings is 1. The van der Waals surface area contributed by atoms with Gasteiger partial charge in [-0.3, -0.25) is 19.3 Å². The number of aromatic nitrogens is 4. The molecule has 2 atom stereocenters. The summed E-state index contributed by atoms with van der Waals surface area (Å²) < 4.78 is 6.05. The summed E-state index contributed by atoms with van der Waals surface area (Å²) in [4.78, 5) is 61.7. The van der Waals surface area contributed by atoms with Gasteiger partial charge in [-0.1, -0.05) is 35.3 Å². The molecule has 15 nitrogen and oxygen atoms in total. The molecule has 5 N–H and O–H groups in total. The average molecular weight is 579 g/mol. The first-order chi connectivity index (χ1) is 17.0. The molecule has 0 saturated carbocycles. The lowest BCUT2D eigenvalue weighted by Gasteiger charge is -2.56. The molecule has 4 rings (SSSR count). The van der Waals surface area contributed by atoms with Gasteiger partial charge in [0, 0.05) is 25.7 Å². The van der Waals surface area contributed by atoms with Gasteiger partial charge in [-0.25, -0.2) is 14.3 Å². The highest BCUT2D eigenvalue weighted by Gasteiger charge is 2.67. The zero-order chi connectivity index (χ0) is 26.4. The predicted molar refractivity (Wildman–Crippen MR) is 128 cm³/mol. The Balaban J connectivity index is 1.49. The second-order valence-corrected chi connectivity index (χ2v) is 12.1. The minimum atomic E-state index is -1.81. The van der Waals surface area contributed by atoms with E-state index in [4.69, 9.17) is 15.6 Å². The maximum Gasteiger partial charge on any atom is 0.352 e. The summed E-state index contributed by atoms with van der Waals surface area (Å²) in [5, 5.41) is 32.2. The molecule has 3 aliphatic heterocycles. The van der Waals surface area contributed by atoms with Crippen molar-refractivity contribution in [2.75, 3.05) is 18.6 Å². The van der Waals surface area contributed by atoms with Crippen molar-refractivity contribution in [2.24, 2.45) is 12.8 Å². The van der Waals surface area contributed by atoms with Gasteiger partial charge in [0.05, 0.1) is 4.24 Å². The van der Waals surface area contributed by atoms with Crippen molar-refractivity contribution >= 4 is 76.7 Å². The van der Waals surface area contributed by atoms with Gasteiger partial charge in [-0.2, -0.15) is 0 Å². The number of primary amides is 1. The summed E-state index contributed by atoms with van der Waals surface area (Å²) in [6, 6.07) is 0. The van der Waals surface area contributed by atoms with Crippen molar-refractivity contribution in [3.05, 3.63) is 21.1 Å². The molecule has 1 aromatic heterocycles. The summed E-state index contributed by atoms with van der Waals surface area (Å²) >= 11 is 4.06. The number of methoxy groups -OCH3 is 1. The van der Waals surface area contributed by atoms with Crippen molar-refractivity contribution in [1.29, 1.82) is 0 Å². The number of hydrogen-bond donors (Lipinski definition) is 4. The molecule has 0 aliphatic carbocycles. The van der Waals surface area contributed by atoms with Gasteiger partial charge in [0.1, 0.15) is 21.2 Å². The first-order valence-electron chi connectivity index (χ1n) is 9.75. The maximum atomic E-state index is 13.2. The monoisotopic (exact) mass is 578 g/mol. The Kier molecular flexibility index (Phi) is 7.28.